The number of aromatic hydroxyl groups is 1. The molecule has 1 aliphatic carbocycles. The number of carbonyl (C=O) groups excluding carboxylic acids is 1. The number of carbonyl (C=O) groups is 1. The molecule has 88 valence electrons. The first kappa shape index (κ1) is 12.6. The number of Topliss-reactive ketones (excluding diaryl/α,β-unsaturated/α-hetero) is 1. The quantitative estimate of drug-likeness (QED) is 0.740. The summed E-state index contributed by atoms with van der Waals surface area (Å²) in [5.41, 5.74) is 0.537. The summed E-state index contributed by atoms with van der Waals surface area (Å²) in [6.07, 6.45) is -0.686. The normalized spacial score (nSPS) is 16.4. The van der Waals surface area contributed by atoms with E-state index in [4.69, 9.17) is 0 Å². The molecule has 2 rings (SSSR count). The van der Waals surface area contributed by atoms with Crippen LogP contribution in [0.2, 0.25) is 0 Å². The Hall–Kier alpha value is -1.45. The highest BCUT2D eigenvalue weighted by atomic mass is 19.3. The highest BCUT2D eigenvalue weighted by Crippen LogP contribution is 2.40. The van der Waals surface area contributed by atoms with E-state index in [1.165, 1.54) is 12.1 Å². The number of alkyl halides is 2. The van der Waals surface area contributed by atoms with Crippen molar-refractivity contribution in [2.75, 3.05) is 0 Å². The number of rotatable bonds is 0. The maximum atomic E-state index is 13.0. The average Bonchev–Trinajstić information content (AvgIpc) is 2.49. The van der Waals surface area contributed by atoms with Crippen LogP contribution >= 0.6 is 0 Å². The molecule has 0 saturated heterocycles. The highest BCUT2D eigenvalue weighted by Gasteiger charge is 2.48. The summed E-state index contributed by atoms with van der Waals surface area (Å²) in [7, 11) is 0. The van der Waals surface area contributed by atoms with Gasteiger partial charge in [0, 0.05) is 17.5 Å². The van der Waals surface area contributed by atoms with Crippen LogP contribution in [0.1, 0.15) is 35.3 Å². The van der Waals surface area contributed by atoms with Gasteiger partial charge in [0.15, 0.2) is 0 Å². The van der Waals surface area contributed by atoms with Gasteiger partial charge < -0.3 is 5.11 Å². The standard InChI is InChI=1S/C10H8F2O2.C2H6/c1-5-2-3-7(13)6-4-10(11,12)9(14)8(5)6;1-2/h2-3,13H,4H2,1H3;1-2H3. The van der Waals surface area contributed by atoms with Crippen molar-refractivity contribution in [3.63, 3.8) is 0 Å². The maximum Gasteiger partial charge on any atom is 0.313 e. The lowest BCUT2D eigenvalue weighted by atomic mass is 10.0. The number of hydrogen-bond acceptors (Lipinski definition) is 2. The molecular formula is C12H14F2O2. The fourth-order valence-corrected chi connectivity index (χ4v) is 1.73. The molecule has 1 aromatic carbocycles. The van der Waals surface area contributed by atoms with Gasteiger partial charge in [-0.3, -0.25) is 4.79 Å². The minimum Gasteiger partial charge on any atom is -0.508 e. The number of phenolic OH excluding ortho intramolecular Hbond substituents is 1. The first-order valence-corrected chi connectivity index (χ1v) is 5.17. The summed E-state index contributed by atoms with van der Waals surface area (Å²) < 4.78 is 26.1. The lowest BCUT2D eigenvalue weighted by Crippen LogP contribution is -2.24. The average molecular weight is 228 g/mol. The predicted octanol–water partition coefficient (Wildman–Crippen LogP) is 3.10. The third-order valence-electron chi connectivity index (χ3n) is 2.45. The topological polar surface area (TPSA) is 37.3 Å². The number of phenols is 1. The van der Waals surface area contributed by atoms with E-state index in [0.29, 0.717) is 5.56 Å². The largest absolute Gasteiger partial charge is 0.508 e. The number of benzene rings is 1. The van der Waals surface area contributed by atoms with Gasteiger partial charge in [0.2, 0.25) is 5.78 Å². The van der Waals surface area contributed by atoms with Crippen LogP contribution in [0, 0.1) is 6.92 Å². The van der Waals surface area contributed by atoms with Crippen molar-refractivity contribution in [2.24, 2.45) is 0 Å². The van der Waals surface area contributed by atoms with Gasteiger partial charge in [-0.25, -0.2) is 0 Å². The number of ketones is 1. The van der Waals surface area contributed by atoms with Crippen molar-refractivity contribution in [1.82, 2.24) is 0 Å². The van der Waals surface area contributed by atoms with Crippen LogP contribution in [0.5, 0.6) is 5.75 Å². The third kappa shape index (κ3) is 1.79. The molecule has 1 N–H and O–H groups in total. The van der Waals surface area contributed by atoms with E-state index >= 15 is 0 Å². The van der Waals surface area contributed by atoms with Gasteiger partial charge in [-0.2, -0.15) is 8.78 Å². The molecule has 4 heteroatoms. The summed E-state index contributed by atoms with van der Waals surface area (Å²) in [4.78, 5) is 11.2. The van der Waals surface area contributed by atoms with Crippen LogP contribution in [-0.2, 0) is 6.42 Å². The lowest BCUT2D eigenvalue weighted by Gasteiger charge is -2.03. The van der Waals surface area contributed by atoms with E-state index in [-0.39, 0.29) is 16.9 Å². The molecule has 0 spiro atoms. The lowest BCUT2D eigenvalue weighted by molar-refractivity contribution is 0.0166. The van der Waals surface area contributed by atoms with E-state index < -0.39 is 18.1 Å². The van der Waals surface area contributed by atoms with Crippen LogP contribution < -0.4 is 0 Å². The van der Waals surface area contributed by atoms with E-state index in [1.54, 1.807) is 6.92 Å². The van der Waals surface area contributed by atoms with Gasteiger partial charge in [-0.1, -0.05) is 19.9 Å². The van der Waals surface area contributed by atoms with Crippen LogP contribution in [0.3, 0.4) is 0 Å². The smallest absolute Gasteiger partial charge is 0.313 e. The molecule has 0 bridgehead atoms. The second-order valence-electron chi connectivity index (χ2n) is 3.47. The Kier molecular flexibility index (Phi) is 3.31. The van der Waals surface area contributed by atoms with E-state index in [1.807, 2.05) is 13.8 Å². The Morgan fingerprint density at radius 1 is 1.31 bits per heavy atom. The molecule has 0 aromatic heterocycles. The van der Waals surface area contributed by atoms with Crippen LogP contribution in [-0.4, -0.2) is 16.8 Å². The van der Waals surface area contributed by atoms with Gasteiger partial charge in [-0.15, -0.1) is 0 Å². The Morgan fingerprint density at radius 2 is 1.88 bits per heavy atom. The molecule has 0 amide bonds. The fourth-order valence-electron chi connectivity index (χ4n) is 1.73. The summed E-state index contributed by atoms with van der Waals surface area (Å²) in [5.74, 6) is -4.76. The number of halogens is 2. The maximum absolute atomic E-state index is 13.0. The second kappa shape index (κ2) is 4.20. The van der Waals surface area contributed by atoms with Crippen molar-refractivity contribution in [1.29, 1.82) is 0 Å². The Labute approximate surface area is 92.9 Å². The molecule has 0 unspecified atom stereocenters. The molecule has 1 aliphatic rings. The van der Waals surface area contributed by atoms with Crippen LogP contribution in [0.15, 0.2) is 12.1 Å². The minimum absolute atomic E-state index is 0.0185. The first-order chi connectivity index (χ1) is 7.43. The van der Waals surface area contributed by atoms with Gasteiger partial charge >= 0.3 is 5.92 Å². The van der Waals surface area contributed by atoms with E-state index in [0.717, 1.165) is 0 Å². The third-order valence-corrected chi connectivity index (χ3v) is 2.45. The molecule has 0 saturated carbocycles. The van der Waals surface area contributed by atoms with Crippen LogP contribution in [0.4, 0.5) is 8.78 Å². The Balaban J connectivity index is 0.000000606. The number of hydrogen-bond donors (Lipinski definition) is 1. The molecule has 0 atom stereocenters. The minimum atomic E-state index is -3.36. The van der Waals surface area contributed by atoms with Crippen LogP contribution in [0.25, 0.3) is 0 Å². The molecule has 0 fully saturated rings. The number of fused-ring (bicyclic) bond motifs is 1. The zero-order valence-corrected chi connectivity index (χ0v) is 9.47. The summed E-state index contributed by atoms with van der Waals surface area (Å²) >= 11 is 0. The molecule has 16 heavy (non-hydrogen) atoms. The summed E-state index contributed by atoms with van der Waals surface area (Å²) in [6.45, 7) is 5.58. The Morgan fingerprint density at radius 3 is 2.38 bits per heavy atom. The van der Waals surface area contributed by atoms with Gasteiger partial charge in [0.1, 0.15) is 5.75 Å². The molecule has 0 aliphatic heterocycles. The molecule has 0 radical (unpaired) electrons. The van der Waals surface area contributed by atoms with E-state index in [9.17, 15) is 18.7 Å². The predicted molar refractivity (Wildman–Crippen MR) is 57.2 cm³/mol. The van der Waals surface area contributed by atoms with Crippen molar-refractivity contribution in [2.45, 2.75) is 33.1 Å². The SMILES string of the molecule is CC.Cc1ccc(O)c2c1C(=O)C(F)(F)C2. The molecule has 1 aromatic rings. The summed E-state index contributed by atoms with van der Waals surface area (Å²) in [5, 5.41) is 9.32. The van der Waals surface area contributed by atoms with Crippen molar-refractivity contribution in [3.8, 4) is 5.75 Å². The molecular weight excluding hydrogens is 214 g/mol. The van der Waals surface area contributed by atoms with E-state index in [2.05, 4.69) is 0 Å². The van der Waals surface area contributed by atoms with Gasteiger partial charge in [-0.05, 0) is 18.6 Å². The van der Waals surface area contributed by atoms with Crippen molar-refractivity contribution in [3.05, 3.63) is 28.8 Å². The zero-order valence-electron chi connectivity index (χ0n) is 9.47. The van der Waals surface area contributed by atoms with Crippen molar-refractivity contribution >= 4 is 5.78 Å². The van der Waals surface area contributed by atoms with Crippen molar-refractivity contribution < 1.29 is 18.7 Å². The molecule has 2 nitrogen and oxygen atoms in total. The molecule has 0 heterocycles. The Bertz CT molecular complexity index is 425. The highest BCUT2D eigenvalue weighted by molar-refractivity contribution is 6.07. The number of aryl methyl sites for hydroxylation is 1. The second-order valence-corrected chi connectivity index (χ2v) is 3.47. The van der Waals surface area contributed by atoms with Gasteiger partial charge in [0.25, 0.3) is 0 Å². The zero-order chi connectivity index (χ0) is 12.5. The van der Waals surface area contributed by atoms with Gasteiger partial charge in [0.05, 0.1) is 0 Å². The first-order valence-electron chi connectivity index (χ1n) is 5.17. The summed E-state index contributed by atoms with van der Waals surface area (Å²) in [6, 6.07) is 2.80. The monoisotopic (exact) mass is 228 g/mol. The fraction of sp³-hybridized carbons (Fsp3) is 0.417.